The third kappa shape index (κ3) is 6.13. The summed E-state index contributed by atoms with van der Waals surface area (Å²) in [4.78, 5) is 30.8. The van der Waals surface area contributed by atoms with Gasteiger partial charge in [0.2, 0.25) is 5.95 Å². The van der Waals surface area contributed by atoms with Gasteiger partial charge in [-0.2, -0.15) is 10.1 Å². The minimum atomic E-state index is -4.34. The first-order valence-electron chi connectivity index (χ1n) is 12.4. The van der Waals surface area contributed by atoms with E-state index < -0.39 is 73.2 Å². The van der Waals surface area contributed by atoms with Crippen molar-refractivity contribution in [2.24, 2.45) is 5.73 Å². The van der Waals surface area contributed by atoms with E-state index in [0.29, 0.717) is 0 Å². The monoisotopic (exact) mass is 592 g/mol. The predicted octanol–water partition coefficient (Wildman–Crippen LogP) is 1.17. The highest BCUT2D eigenvalue weighted by Crippen LogP contribution is 2.47. The maximum atomic E-state index is 14.7. The van der Waals surface area contributed by atoms with Gasteiger partial charge in [0.15, 0.2) is 23.2 Å². The highest BCUT2D eigenvalue weighted by Gasteiger charge is 2.55. The van der Waals surface area contributed by atoms with Gasteiger partial charge >= 0.3 is 13.7 Å². The molecule has 1 fully saturated rings. The van der Waals surface area contributed by atoms with Crippen molar-refractivity contribution in [2.45, 2.75) is 56.9 Å². The highest BCUT2D eigenvalue weighted by molar-refractivity contribution is 7.52. The molecule has 16 heteroatoms. The summed E-state index contributed by atoms with van der Waals surface area (Å²) in [7, 11) is -4.34. The molecule has 3 aromatic rings. The second kappa shape index (κ2) is 11.6. The fraction of sp³-hybridized carbons (Fsp3) is 0.400. The van der Waals surface area contributed by atoms with E-state index in [-0.39, 0.29) is 17.3 Å². The van der Waals surface area contributed by atoms with Crippen LogP contribution >= 0.6 is 7.75 Å². The fourth-order valence-electron chi connectivity index (χ4n) is 4.20. The molecule has 0 radical (unpaired) electrons. The number of hydrogen-bond acceptors (Lipinski definition) is 11. The number of fused-ring (bicyclic) bond motifs is 1. The Morgan fingerprint density at radius 2 is 2.07 bits per heavy atom. The Morgan fingerprint density at radius 3 is 2.71 bits per heavy atom. The summed E-state index contributed by atoms with van der Waals surface area (Å²) in [5.41, 5.74) is 8.91. The first-order valence-corrected chi connectivity index (χ1v) is 14.0. The van der Waals surface area contributed by atoms with E-state index in [1.54, 1.807) is 32.0 Å². The number of nitrogen functional groups attached to an aromatic ring is 1. The summed E-state index contributed by atoms with van der Waals surface area (Å²) >= 11 is 0. The zero-order chi connectivity index (χ0) is 30.1. The van der Waals surface area contributed by atoms with E-state index in [1.807, 2.05) is 0 Å². The number of aromatic amines is 1. The van der Waals surface area contributed by atoms with E-state index >= 15 is 0 Å². The van der Waals surface area contributed by atoms with Gasteiger partial charge in [0, 0.05) is 6.20 Å². The molecule has 1 aliphatic rings. The molecule has 4 rings (SSSR count). The van der Waals surface area contributed by atoms with Crippen molar-refractivity contribution >= 4 is 30.7 Å². The quantitative estimate of drug-likeness (QED) is 0.128. The maximum Gasteiger partial charge on any atom is 0.459 e. The van der Waals surface area contributed by atoms with Crippen molar-refractivity contribution in [1.29, 1.82) is 0 Å². The van der Waals surface area contributed by atoms with E-state index in [0.717, 1.165) is 10.8 Å². The molecule has 7 N–H and O–H groups in total. The lowest BCUT2D eigenvalue weighted by Crippen LogP contribution is -2.53. The molecular weight excluding hydrogens is 562 g/mol. The van der Waals surface area contributed by atoms with E-state index in [4.69, 9.17) is 36.4 Å². The van der Waals surface area contributed by atoms with Gasteiger partial charge in [-0.25, -0.2) is 8.96 Å². The van der Waals surface area contributed by atoms with Crippen LogP contribution in [0.15, 0.2) is 41.3 Å². The van der Waals surface area contributed by atoms with Crippen molar-refractivity contribution in [1.82, 2.24) is 19.6 Å². The van der Waals surface area contributed by atoms with Gasteiger partial charge in [0.05, 0.1) is 12.7 Å². The van der Waals surface area contributed by atoms with Crippen molar-refractivity contribution < 1.29 is 37.4 Å². The molecular formula is C25H30FN6O8P. The summed E-state index contributed by atoms with van der Waals surface area (Å²) in [6, 6.07) is 6.88. The van der Waals surface area contributed by atoms with Gasteiger partial charge in [0.1, 0.15) is 29.4 Å². The number of benzene rings is 1. The number of esters is 1. The smallest absolute Gasteiger partial charge is 0.459 e. The summed E-state index contributed by atoms with van der Waals surface area (Å²) in [5, 5.41) is 13.2. The molecule has 0 amide bonds. The Labute approximate surface area is 233 Å². The average Bonchev–Trinajstić information content (AvgIpc) is 3.36. The Morgan fingerprint density at radius 1 is 1.39 bits per heavy atom. The topological polar surface area (TPSA) is 206 Å². The number of anilines is 1. The number of para-hydroxylation sites is 1. The van der Waals surface area contributed by atoms with Crippen molar-refractivity contribution in [3.8, 4) is 18.1 Å². The third-order valence-corrected chi connectivity index (χ3v) is 7.79. The molecule has 1 saturated heterocycles. The van der Waals surface area contributed by atoms with Gasteiger partial charge in [-0.1, -0.05) is 24.1 Å². The minimum Gasteiger partial charge on any atom is -0.462 e. The van der Waals surface area contributed by atoms with Crippen LogP contribution in [0.2, 0.25) is 0 Å². The summed E-state index contributed by atoms with van der Waals surface area (Å²) < 4.78 is 51.8. The molecule has 41 heavy (non-hydrogen) atoms. The Bertz CT molecular complexity index is 1570. The molecule has 0 aliphatic carbocycles. The summed E-state index contributed by atoms with van der Waals surface area (Å²) in [5.74, 6) is 0.427. The number of aliphatic hydroxyl groups excluding tert-OH is 1. The lowest BCUT2D eigenvalue weighted by molar-refractivity contribution is -0.149. The zero-order valence-electron chi connectivity index (χ0n) is 22.3. The molecule has 1 aliphatic heterocycles. The molecule has 3 heterocycles. The first kappa shape index (κ1) is 30.2. The minimum absolute atomic E-state index is 0.151. The Balaban J connectivity index is 1.62. The number of rotatable bonds is 10. The third-order valence-electron chi connectivity index (χ3n) is 6.15. The number of ether oxygens (including phenoxy) is 2. The Kier molecular flexibility index (Phi) is 8.55. The lowest BCUT2D eigenvalue weighted by atomic mass is 9.92. The van der Waals surface area contributed by atoms with Crippen molar-refractivity contribution in [3.63, 3.8) is 0 Å². The van der Waals surface area contributed by atoms with Crippen LogP contribution in [0.3, 0.4) is 0 Å². The van der Waals surface area contributed by atoms with Crippen LogP contribution in [-0.4, -0.2) is 62.1 Å². The number of hydrogen-bond donors (Lipinski definition) is 5. The molecule has 0 bridgehead atoms. The van der Waals surface area contributed by atoms with E-state index in [9.17, 15) is 23.7 Å². The van der Waals surface area contributed by atoms with E-state index in [2.05, 4.69) is 21.0 Å². The number of nitrogens with two attached hydrogens (primary N) is 2. The number of carbonyl (C=O) groups excluding carboxylic acids is 1. The SMILES string of the molecule is C#CC1(N)[C@@H](O)[C@@H](COP(=O)(N[C@@H](C)C(=O)OC(C)C)Oc2ccccc2)O[C@H]1n1cc(F)c2c(=O)[nH]c(N)nc21. The number of aromatic nitrogens is 3. The number of H-pyrrole nitrogens is 1. The molecule has 2 aromatic heterocycles. The van der Waals surface area contributed by atoms with Crippen LogP contribution < -0.4 is 26.6 Å². The second-order valence-corrected chi connectivity index (χ2v) is 11.3. The summed E-state index contributed by atoms with van der Waals surface area (Å²) in [6.07, 6.45) is 1.67. The maximum absolute atomic E-state index is 14.7. The molecule has 1 aromatic carbocycles. The zero-order valence-corrected chi connectivity index (χ0v) is 23.2. The highest BCUT2D eigenvalue weighted by atomic mass is 31.2. The molecule has 220 valence electrons. The molecule has 2 unspecified atom stereocenters. The van der Waals surface area contributed by atoms with Crippen LogP contribution in [0.4, 0.5) is 10.3 Å². The Hall–Kier alpha value is -3.77. The standard InChI is InChI=1S/C25H30FN6O8P/c1-5-25(28)19(33)17(39-23(25)32-11-16(26)18-20(32)29-24(27)30-21(18)34)12-37-41(36,40-15-9-7-6-8-10-15)31-14(4)22(35)38-13(2)3/h1,6-11,13-14,17,19,23,33H,12,28H2,2-4H3,(H,31,36)(H3,27,29,30,34)/t14-,17+,19-,23+,25?,41?/m0/s1. The molecule has 14 nitrogen and oxygen atoms in total. The number of halogens is 1. The molecule has 6 atom stereocenters. The van der Waals surface area contributed by atoms with Crippen LogP contribution in [0, 0.1) is 18.2 Å². The van der Waals surface area contributed by atoms with Crippen LogP contribution in [-0.2, 0) is 23.4 Å². The van der Waals surface area contributed by atoms with Crippen molar-refractivity contribution in [3.05, 3.63) is 52.7 Å². The van der Waals surface area contributed by atoms with Gasteiger partial charge in [0.25, 0.3) is 5.56 Å². The van der Waals surface area contributed by atoms with Gasteiger partial charge < -0.3 is 30.6 Å². The lowest BCUT2D eigenvalue weighted by Gasteiger charge is -2.28. The molecule has 0 spiro atoms. The fourth-order valence-corrected chi connectivity index (χ4v) is 5.70. The van der Waals surface area contributed by atoms with E-state index in [1.165, 1.54) is 19.1 Å². The van der Waals surface area contributed by atoms with Gasteiger partial charge in [-0.15, -0.1) is 6.42 Å². The predicted molar refractivity (Wildman–Crippen MR) is 145 cm³/mol. The van der Waals surface area contributed by atoms with Gasteiger partial charge in [-0.3, -0.25) is 23.7 Å². The second-order valence-electron chi connectivity index (χ2n) is 9.62. The first-order chi connectivity index (χ1) is 19.3. The normalized spacial score (nSPS) is 24.6. The number of nitrogens with one attached hydrogen (secondary N) is 2. The van der Waals surface area contributed by atoms with Crippen LogP contribution in [0.25, 0.3) is 11.0 Å². The largest absolute Gasteiger partial charge is 0.462 e. The number of aliphatic hydroxyl groups is 1. The van der Waals surface area contributed by atoms with Crippen LogP contribution in [0.5, 0.6) is 5.75 Å². The van der Waals surface area contributed by atoms with Crippen molar-refractivity contribution in [2.75, 3.05) is 12.3 Å². The average molecular weight is 593 g/mol. The number of nitrogens with zero attached hydrogens (tertiary/aromatic N) is 2. The number of carbonyl (C=O) groups is 1. The molecule has 0 saturated carbocycles. The van der Waals surface area contributed by atoms with Crippen LogP contribution in [0.1, 0.15) is 27.0 Å². The number of terminal acetylenes is 1. The summed E-state index contributed by atoms with van der Waals surface area (Å²) in [6.45, 7) is 4.10. The van der Waals surface area contributed by atoms with Gasteiger partial charge in [-0.05, 0) is 32.9 Å².